The quantitative estimate of drug-likeness (QED) is 0.541. The molecule has 2 aromatic carbocycles. The molecule has 0 radical (unpaired) electrons. The molecule has 0 aliphatic rings. The van der Waals surface area contributed by atoms with Crippen molar-refractivity contribution in [2.45, 2.75) is 0 Å². The number of hydrogen-bond donors (Lipinski definition) is 3. The van der Waals surface area contributed by atoms with Crippen LogP contribution in [0.3, 0.4) is 0 Å². The van der Waals surface area contributed by atoms with Crippen LogP contribution in [0.1, 0.15) is 0 Å². The average Bonchev–Trinajstić information content (AvgIpc) is 2.26. The fraction of sp³-hybridized carbons (Fsp3) is 0. The van der Waals surface area contributed by atoms with Gasteiger partial charge in [0.25, 0.3) is 0 Å². The van der Waals surface area contributed by atoms with Crippen molar-refractivity contribution >= 4 is 32.4 Å². The zero-order valence-electron chi connectivity index (χ0n) is 9.42. The molecule has 2 rings (SSSR count). The third-order valence-corrected chi connectivity index (χ3v) is 2.34. The Kier molecular flexibility index (Phi) is 5.62. The molecule has 1 unspecified atom stereocenters. The Morgan fingerprint density at radius 1 is 1.00 bits per heavy atom. The van der Waals surface area contributed by atoms with E-state index in [1.54, 1.807) is 12.1 Å². The Bertz CT molecular complexity index is 670. The van der Waals surface area contributed by atoms with Crippen LogP contribution < -0.4 is 4.52 Å². The van der Waals surface area contributed by atoms with Crippen molar-refractivity contribution in [3.05, 3.63) is 42.5 Å². The van der Waals surface area contributed by atoms with E-state index in [4.69, 9.17) is 25.5 Å². The first kappa shape index (κ1) is 15.8. The summed E-state index contributed by atoms with van der Waals surface area (Å²) in [6, 6.07) is 13.0. The molecule has 0 saturated heterocycles. The molecule has 0 aliphatic carbocycles. The average molecular weight is 353 g/mol. The van der Waals surface area contributed by atoms with E-state index in [0.717, 1.165) is 10.8 Å². The van der Waals surface area contributed by atoms with E-state index in [1.807, 2.05) is 30.3 Å². The van der Waals surface area contributed by atoms with Crippen molar-refractivity contribution in [2.24, 2.45) is 0 Å². The van der Waals surface area contributed by atoms with E-state index >= 15 is 0 Å². The van der Waals surface area contributed by atoms with Gasteiger partial charge in [0.2, 0.25) is 0 Å². The Hall–Kier alpha value is -1.27. The first-order valence-electron chi connectivity index (χ1n) is 4.86. The first-order chi connectivity index (χ1) is 8.77. The molecular weight excluding hydrogens is 342 g/mol. The standard InChI is InChI=1S/C10H9O3P.H2O4Se/c11-14(12)13-10-7-3-5-8-4-1-2-6-9(8)10;1-5(2,3)4/h1-7,14H,(H,11,12);(H2,1,2,3,4). The second-order valence-electron chi connectivity index (χ2n) is 3.29. The van der Waals surface area contributed by atoms with Gasteiger partial charge in [-0.15, -0.1) is 0 Å². The van der Waals surface area contributed by atoms with E-state index in [9.17, 15) is 4.57 Å². The zero-order chi connectivity index (χ0) is 14.5. The van der Waals surface area contributed by atoms with E-state index in [0.29, 0.717) is 5.75 Å². The molecule has 0 heterocycles. The van der Waals surface area contributed by atoms with Gasteiger partial charge in [-0.25, -0.2) is 4.57 Å². The van der Waals surface area contributed by atoms with Gasteiger partial charge in [0.1, 0.15) is 5.75 Å². The molecule has 0 bridgehead atoms. The summed E-state index contributed by atoms with van der Waals surface area (Å²) in [4.78, 5) is 8.69. The monoisotopic (exact) mass is 354 g/mol. The van der Waals surface area contributed by atoms with Gasteiger partial charge in [-0.1, -0.05) is 36.4 Å². The van der Waals surface area contributed by atoms with Crippen LogP contribution in [-0.2, 0) is 12.2 Å². The van der Waals surface area contributed by atoms with Gasteiger partial charge in [0.05, 0.1) is 0 Å². The maximum absolute atomic E-state index is 10.6. The van der Waals surface area contributed by atoms with Crippen LogP contribution in [0, 0.1) is 0 Å². The van der Waals surface area contributed by atoms with Crippen molar-refractivity contribution in [1.82, 2.24) is 0 Å². The van der Waals surface area contributed by atoms with Crippen LogP contribution in [0.2, 0.25) is 0 Å². The van der Waals surface area contributed by atoms with Crippen molar-refractivity contribution in [3.8, 4) is 5.75 Å². The third kappa shape index (κ3) is 6.45. The summed E-state index contributed by atoms with van der Waals surface area (Å²) in [7, 11) is -2.93. The van der Waals surface area contributed by atoms with E-state index in [1.165, 1.54) is 0 Å². The van der Waals surface area contributed by atoms with Crippen LogP contribution in [0.25, 0.3) is 10.8 Å². The minimum absolute atomic E-state index is 0.453. The summed E-state index contributed by atoms with van der Waals surface area (Å²) < 4.78 is 47.3. The molecule has 9 heteroatoms. The second kappa shape index (κ2) is 6.77. The Balaban J connectivity index is 0.000000312. The molecule has 1 atom stereocenters. The minimum atomic E-state index is -5.25. The summed E-state index contributed by atoms with van der Waals surface area (Å²) >= 11 is -5.25. The molecule has 0 aromatic heterocycles. The SMILES string of the molecule is O=[PH](O)Oc1cccc2ccccc12.O=[Se](=O)(O)O. The third-order valence-electron chi connectivity index (χ3n) is 1.95. The van der Waals surface area contributed by atoms with Crippen LogP contribution >= 0.6 is 8.25 Å². The van der Waals surface area contributed by atoms with Crippen molar-refractivity contribution in [3.63, 3.8) is 0 Å². The predicted molar refractivity (Wildman–Crippen MR) is 67.4 cm³/mol. The molecule has 0 fully saturated rings. The number of rotatable bonds is 2. The second-order valence-corrected chi connectivity index (χ2v) is 5.91. The molecule has 0 spiro atoms. The summed E-state index contributed by atoms with van der Waals surface area (Å²) in [5, 5.41) is 1.84. The Morgan fingerprint density at radius 3 is 2.11 bits per heavy atom. The fourth-order valence-electron chi connectivity index (χ4n) is 1.38. The van der Waals surface area contributed by atoms with Gasteiger partial charge in [0, 0.05) is 5.39 Å². The van der Waals surface area contributed by atoms with Crippen LogP contribution in [0.15, 0.2) is 42.5 Å². The molecule has 104 valence electrons. The molecule has 3 N–H and O–H groups in total. The van der Waals surface area contributed by atoms with E-state index < -0.39 is 21.6 Å². The van der Waals surface area contributed by atoms with Gasteiger partial charge >= 0.3 is 37.7 Å². The van der Waals surface area contributed by atoms with Gasteiger partial charge in [-0.3, -0.25) is 0 Å². The predicted octanol–water partition coefficient (Wildman–Crippen LogP) is 0.868. The molecule has 19 heavy (non-hydrogen) atoms. The Labute approximate surface area is 111 Å². The van der Waals surface area contributed by atoms with Crippen LogP contribution in [0.5, 0.6) is 5.75 Å². The van der Waals surface area contributed by atoms with Crippen molar-refractivity contribution in [1.29, 1.82) is 0 Å². The topological polar surface area (TPSA) is 121 Å². The summed E-state index contributed by atoms with van der Waals surface area (Å²) in [5.41, 5.74) is 0. The van der Waals surface area contributed by atoms with E-state index in [-0.39, 0.29) is 0 Å². The maximum atomic E-state index is 10.6. The number of benzene rings is 2. The summed E-state index contributed by atoms with van der Waals surface area (Å²) in [6.07, 6.45) is 0. The van der Waals surface area contributed by atoms with Gasteiger partial charge in [-0.05, 0) is 11.5 Å². The van der Waals surface area contributed by atoms with E-state index in [2.05, 4.69) is 0 Å². The van der Waals surface area contributed by atoms with Crippen molar-refractivity contribution < 1.29 is 30.0 Å². The number of hydrogen-bond acceptors (Lipinski definition) is 4. The van der Waals surface area contributed by atoms with Gasteiger partial charge < -0.3 is 9.42 Å². The van der Waals surface area contributed by atoms with Crippen LogP contribution in [-0.4, -0.2) is 26.6 Å². The molecule has 7 nitrogen and oxygen atoms in total. The van der Waals surface area contributed by atoms with Gasteiger partial charge in [-0.2, -0.15) is 0 Å². The Morgan fingerprint density at radius 2 is 1.53 bits per heavy atom. The molecule has 0 aliphatic heterocycles. The van der Waals surface area contributed by atoms with Crippen molar-refractivity contribution in [2.75, 3.05) is 0 Å². The molecule has 0 amide bonds. The van der Waals surface area contributed by atoms with Gasteiger partial charge in [0.15, 0.2) is 0 Å². The molecule has 2 aromatic rings. The molecular formula is C10H11O7PSe. The first-order valence-corrected chi connectivity index (χ1v) is 9.05. The summed E-state index contributed by atoms with van der Waals surface area (Å²) in [6.45, 7) is 0. The normalized spacial score (nSPS) is 12.4. The zero-order valence-corrected chi connectivity index (χ0v) is 12.1. The molecule has 0 saturated carbocycles. The fourth-order valence-corrected chi connectivity index (χ4v) is 1.74. The van der Waals surface area contributed by atoms with Crippen LogP contribution in [0.4, 0.5) is 0 Å². The number of fused-ring (bicyclic) bond motifs is 1. The summed E-state index contributed by atoms with van der Waals surface area (Å²) in [5.74, 6) is 0.453.